The molecule has 6 heteroatoms. The molecule has 2 aliphatic rings. The van der Waals surface area contributed by atoms with Crippen LogP contribution < -0.4 is 10.1 Å². The third-order valence-corrected chi connectivity index (χ3v) is 6.14. The predicted molar refractivity (Wildman–Crippen MR) is 102 cm³/mol. The average Bonchev–Trinajstić information content (AvgIpc) is 3.04. The van der Waals surface area contributed by atoms with Gasteiger partial charge in [0.25, 0.3) is 0 Å². The first-order chi connectivity index (χ1) is 12.5. The van der Waals surface area contributed by atoms with Gasteiger partial charge in [0, 0.05) is 17.4 Å². The van der Waals surface area contributed by atoms with Crippen molar-refractivity contribution in [1.29, 1.82) is 0 Å². The maximum atomic E-state index is 12.9. The summed E-state index contributed by atoms with van der Waals surface area (Å²) in [6.45, 7) is 4.83. The number of benzene rings is 1. The normalized spacial score (nSPS) is 28.8. The summed E-state index contributed by atoms with van der Waals surface area (Å²) in [4.78, 5) is 12.9. The lowest BCUT2D eigenvalue weighted by atomic mass is 9.71. The molecule has 3 N–H and O–H groups in total. The molecule has 5 atom stereocenters. The molecule has 1 aromatic carbocycles. The summed E-state index contributed by atoms with van der Waals surface area (Å²) in [5.74, 6) is 1.09. The van der Waals surface area contributed by atoms with Gasteiger partial charge in [0.1, 0.15) is 5.75 Å². The molecular weight excluding hydrogens is 329 g/mol. The molecular formula is C20H30BNO4. The van der Waals surface area contributed by atoms with Crippen LogP contribution in [-0.4, -0.2) is 35.6 Å². The molecule has 142 valence electrons. The highest BCUT2D eigenvalue weighted by molar-refractivity contribution is 6.43. The number of amides is 1. The Kier molecular flexibility index (Phi) is 6.25. The van der Waals surface area contributed by atoms with E-state index < -0.39 is 13.1 Å². The number of carbonyl (C=O) groups excluding carboxylic acids is 1. The summed E-state index contributed by atoms with van der Waals surface area (Å²) >= 11 is 0. The number of nitrogens with one attached hydrogen (secondary N) is 1. The highest BCUT2D eigenvalue weighted by Gasteiger charge is 2.37. The van der Waals surface area contributed by atoms with E-state index in [1.807, 2.05) is 24.3 Å². The van der Waals surface area contributed by atoms with Crippen LogP contribution >= 0.6 is 0 Å². The monoisotopic (exact) mass is 359 g/mol. The lowest BCUT2D eigenvalue weighted by Gasteiger charge is -2.34. The minimum absolute atomic E-state index is 0.0304. The Morgan fingerprint density at radius 1 is 1.35 bits per heavy atom. The van der Waals surface area contributed by atoms with Gasteiger partial charge in [-0.2, -0.15) is 0 Å². The number of hydrogen-bond donors (Lipinski definition) is 3. The van der Waals surface area contributed by atoms with Crippen molar-refractivity contribution in [3.8, 4) is 5.75 Å². The third-order valence-electron chi connectivity index (χ3n) is 6.14. The summed E-state index contributed by atoms with van der Waals surface area (Å²) in [5, 5.41) is 22.6. The van der Waals surface area contributed by atoms with Gasteiger partial charge >= 0.3 is 7.12 Å². The zero-order valence-electron chi connectivity index (χ0n) is 15.7. The zero-order chi connectivity index (χ0) is 18.7. The van der Waals surface area contributed by atoms with Crippen molar-refractivity contribution in [2.75, 3.05) is 6.61 Å². The quantitative estimate of drug-likeness (QED) is 0.682. The Morgan fingerprint density at radius 2 is 2.12 bits per heavy atom. The van der Waals surface area contributed by atoms with Gasteiger partial charge in [-0.25, -0.2) is 0 Å². The number of rotatable bonds is 6. The van der Waals surface area contributed by atoms with Crippen molar-refractivity contribution in [3.05, 3.63) is 29.8 Å². The van der Waals surface area contributed by atoms with Crippen LogP contribution in [0.5, 0.6) is 5.75 Å². The molecule has 0 saturated heterocycles. The molecule has 0 spiro atoms. The smallest absolute Gasteiger partial charge is 0.475 e. The molecule has 5 nitrogen and oxygen atoms in total. The van der Waals surface area contributed by atoms with Crippen LogP contribution in [0.15, 0.2) is 24.3 Å². The lowest BCUT2D eigenvalue weighted by molar-refractivity contribution is -0.129. The largest absolute Gasteiger partial charge is 0.493 e. The van der Waals surface area contributed by atoms with E-state index in [-0.39, 0.29) is 17.7 Å². The summed E-state index contributed by atoms with van der Waals surface area (Å²) in [7, 11) is -1.58. The minimum atomic E-state index is -1.58. The van der Waals surface area contributed by atoms with Crippen LogP contribution in [0.4, 0.5) is 0 Å². The van der Waals surface area contributed by atoms with Gasteiger partial charge < -0.3 is 20.1 Å². The van der Waals surface area contributed by atoms with Crippen molar-refractivity contribution >= 4 is 13.0 Å². The molecule has 1 aliphatic heterocycles. The van der Waals surface area contributed by atoms with Crippen molar-refractivity contribution in [1.82, 2.24) is 5.32 Å². The molecule has 1 amide bonds. The molecule has 26 heavy (non-hydrogen) atoms. The topological polar surface area (TPSA) is 78.8 Å². The van der Waals surface area contributed by atoms with Crippen molar-refractivity contribution in [2.24, 2.45) is 17.8 Å². The van der Waals surface area contributed by atoms with E-state index in [2.05, 4.69) is 19.2 Å². The van der Waals surface area contributed by atoms with Crippen molar-refractivity contribution in [3.63, 3.8) is 0 Å². The van der Waals surface area contributed by atoms with Gasteiger partial charge in [0.05, 0.1) is 12.5 Å². The van der Waals surface area contributed by atoms with E-state index in [4.69, 9.17) is 4.74 Å². The van der Waals surface area contributed by atoms with E-state index >= 15 is 0 Å². The van der Waals surface area contributed by atoms with Gasteiger partial charge in [-0.1, -0.05) is 44.9 Å². The van der Waals surface area contributed by atoms with Gasteiger partial charge in [-0.05, 0) is 37.2 Å². The molecule has 1 aromatic rings. The first kappa shape index (κ1) is 19.2. The molecule has 1 saturated carbocycles. The Morgan fingerprint density at radius 3 is 2.85 bits per heavy atom. The number of carbonyl (C=O) groups is 1. The Hall–Kier alpha value is -1.53. The number of ether oxygens (including phenoxy) is 1. The molecule has 0 unspecified atom stereocenters. The standard InChI is InChI=1S/C20H30BNO4/c1-3-14-9-8-13(2)10-17(14)20(23)22-19(21(24)25)11-15-12-26-18-7-5-4-6-16(15)18/h4-7,13-15,17,19,24-25H,3,8-12H2,1-2H3,(H,22,23)/t13-,14+,15+,17-,19-/m0/s1. The molecule has 3 rings (SSSR count). The van der Waals surface area contributed by atoms with Crippen molar-refractivity contribution < 1.29 is 19.6 Å². The number of para-hydroxylation sites is 1. The molecule has 1 aliphatic carbocycles. The Bertz CT molecular complexity index is 624. The summed E-state index contributed by atoms with van der Waals surface area (Å²) < 4.78 is 5.69. The van der Waals surface area contributed by atoms with Crippen LogP contribution in [0.25, 0.3) is 0 Å². The van der Waals surface area contributed by atoms with Crippen LogP contribution in [0.3, 0.4) is 0 Å². The highest BCUT2D eigenvalue weighted by Crippen LogP contribution is 2.38. The van der Waals surface area contributed by atoms with Gasteiger partial charge in [-0.15, -0.1) is 0 Å². The van der Waals surface area contributed by atoms with Gasteiger partial charge in [-0.3, -0.25) is 4.79 Å². The highest BCUT2D eigenvalue weighted by atomic mass is 16.5. The second-order valence-corrected chi connectivity index (χ2v) is 8.00. The van der Waals surface area contributed by atoms with Gasteiger partial charge in [0.15, 0.2) is 0 Å². The fourth-order valence-electron chi connectivity index (χ4n) is 4.53. The van der Waals surface area contributed by atoms with Crippen LogP contribution in [0.1, 0.15) is 57.4 Å². The fraction of sp³-hybridized carbons (Fsp3) is 0.650. The van der Waals surface area contributed by atoms with Crippen molar-refractivity contribution in [2.45, 2.75) is 57.8 Å². The SMILES string of the molecule is CC[C@@H]1CC[C@H](C)C[C@@H]1C(=O)N[C@@H](C[C@@H]1COc2ccccc21)B(O)O. The van der Waals surface area contributed by atoms with Gasteiger partial charge in [0.2, 0.25) is 5.91 Å². The molecule has 1 heterocycles. The maximum Gasteiger partial charge on any atom is 0.475 e. The van der Waals surface area contributed by atoms with E-state index in [0.717, 1.165) is 30.6 Å². The summed E-state index contributed by atoms with van der Waals surface area (Å²) in [5.41, 5.74) is 1.07. The number of hydrogen-bond acceptors (Lipinski definition) is 4. The van der Waals surface area contributed by atoms with E-state index in [1.54, 1.807) is 0 Å². The second-order valence-electron chi connectivity index (χ2n) is 8.00. The minimum Gasteiger partial charge on any atom is -0.493 e. The molecule has 0 radical (unpaired) electrons. The zero-order valence-corrected chi connectivity index (χ0v) is 15.7. The predicted octanol–water partition coefficient (Wildman–Crippen LogP) is 2.51. The second kappa shape index (κ2) is 8.44. The maximum absolute atomic E-state index is 12.9. The van der Waals surface area contributed by atoms with Crippen LogP contribution in [0.2, 0.25) is 0 Å². The first-order valence-corrected chi connectivity index (χ1v) is 9.87. The van der Waals surface area contributed by atoms with Crippen LogP contribution in [-0.2, 0) is 4.79 Å². The fourth-order valence-corrected chi connectivity index (χ4v) is 4.53. The lowest BCUT2D eigenvalue weighted by Crippen LogP contribution is -2.50. The molecule has 0 aromatic heterocycles. The Balaban J connectivity index is 1.66. The average molecular weight is 359 g/mol. The third kappa shape index (κ3) is 4.23. The Labute approximate surface area is 156 Å². The summed E-state index contributed by atoms with van der Waals surface area (Å²) in [6.07, 6.45) is 4.57. The first-order valence-electron chi connectivity index (χ1n) is 9.87. The van der Waals surface area contributed by atoms with E-state index in [1.165, 1.54) is 6.42 Å². The van der Waals surface area contributed by atoms with E-state index in [9.17, 15) is 14.8 Å². The molecule has 0 bridgehead atoms. The number of fused-ring (bicyclic) bond motifs is 1. The van der Waals surface area contributed by atoms with Crippen LogP contribution in [0, 0.1) is 17.8 Å². The molecule has 1 fully saturated rings. The van der Waals surface area contributed by atoms with E-state index in [0.29, 0.717) is 24.9 Å². The summed E-state index contributed by atoms with van der Waals surface area (Å²) in [6, 6.07) is 7.81.